The maximum absolute atomic E-state index is 12.1. The van der Waals surface area contributed by atoms with Crippen LogP contribution in [0.5, 0.6) is 0 Å². The highest BCUT2D eigenvalue weighted by atomic mass is 32.1. The number of carbonyl (C=O) groups is 2. The maximum Gasteiger partial charge on any atom is 0.358 e. The van der Waals surface area contributed by atoms with Gasteiger partial charge in [-0.3, -0.25) is 4.79 Å². The van der Waals surface area contributed by atoms with Crippen LogP contribution < -0.4 is 5.32 Å². The van der Waals surface area contributed by atoms with E-state index in [1.54, 1.807) is 5.38 Å². The lowest BCUT2D eigenvalue weighted by Crippen LogP contribution is -2.21. The van der Waals surface area contributed by atoms with Crippen molar-refractivity contribution in [3.63, 3.8) is 0 Å². The first-order valence-electron chi connectivity index (χ1n) is 8.08. The normalized spacial score (nSPS) is 10.4. The monoisotopic (exact) mass is 366 g/mol. The van der Waals surface area contributed by atoms with Gasteiger partial charge in [0.25, 0.3) is 5.91 Å². The predicted molar refractivity (Wildman–Crippen MR) is 102 cm³/mol. The van der Waals surface area contributed by atoms with Gasteiger partial charge < -0.3 is 10.1 Å². The molecule has 1 aromatic heterocycles. The van der Waals surface area contributed by atoms with E-state index in [2.05, 4.69) is 10.3 Å². The molecule has 0 aliphatic rings. The summed E-state index contributed by atoms with van der Waals surface area (Å²) in [7, 11) is 0. The number of hydrogen-bond acceptors (Lipinski definition) is 5. The lowest BCUT2D eigenvalue weighted by atomic mass is 10.1. The molecule has 0 saturated heterocycles. The van der Waals surface area contributed by atoms with E-state index in [9.17, 15) is 9.59 Å². The standard InChI is InChI=1S/C20H18N2O3S/c1-13-8-9-14(2)16(10-13)21-18(23)11-25-20(24)17-12-26-19(22-17)15-6-4-3-5-7-15/h3-10,12H,11H2,1-2H3,(H,21,23). The second kappa shape index (κ2) is 7.93. The fraction of sp³-hybridized carbons (Fsp3) is 0.150. The summed E-state index contributed by atoms with van der Waals surface area (Å²) in [5, 5.41) is 5.12. The van der Waals surface area contributed by atoms with Crippen LogP contribution in [0.4, 0.5) is 5.69 Å². The molecular weight excluding hydrogens is 348 g/mol. The molecule has 0 spiro atoms. The average molecular weight is 366 g/mol. The fourth-order valence-electron chi connectivity index (χ4n) is 2.34. The van der Waals surface area contributed by atoms with E-state index in [-0.39, 0.29) is 18.2 Å². The number of aryl methyl sites for hydroxylation is 2. The first-order chi connectivity index (χ1) is 12.5. The van der Waals surface area contributed by atoms with Crippen LogP contribution in [0.2, 0.25) is 0 Å². The van der Waals surface area contributed by atoms with E-state index in [1.807, 2.05) is 62.4 Å². The molecule has 1 heterocycles. The second-order valence-electron chi connectivity index (χ2n) is 5.85. The van der Waals surface area contributed by atoms with Crippen molar-refractivity contribution in [3.8, 4) is 10.6 Å². The van der Waals surface area contributed by atoms with Crippen molar-refractivity contribution in [2.75, 3.05) is 11.9 Å². The van der Waals surface area contributed by atoms with E-state index >= 15 is 0 Å². The molecule has 1 amide bonds. The van der Waals surface area contributed by atoms with Crippen LogP contribution in [0, 0.1) is 13.8 Å². The molecule has 5 nitrogen and oxygen atoms in total. The summed E-state index contributed by atoms with van der Waals surface area (Å²) in [5.74, 6) is -0.995. The van der Waals surface area contributed by atoms with Crippen molar-refractivity contribution < 1.29 is 14.3 Å². The third-order valence-corrected chi connectivity index (χ3v) is 4.63. The summed E-state index contributed by atoms with van der Waals surface area (Å²) >= 11 is 1.36. The van der Waals surface area contributed by atoms with Crippen LogP contribution in [-0.2, 0) is 9.53 Å². The zero-order valence-corrected chi connectivity index (χ0v) is 15.3. The van der Waals surface area contributed by atoms with Crippen LogP contribution in [0.25, 0.3) is 10.6 Å². The number of aromatic nitrogens is 1. The molecule has 0 fully saturated rings. The van der Waals surface area contributed by atoms with E-state index in [1.165, 1.54) is 11.3 Å². The highest BCUT2D eigenvalue weighted by Gasteiger charge is 2.15. The van der Waals surface area contributed by atoms with Crippen LogP contribution >= 0.6 is 11.3 Å². The molecule has 0 unspecified atom stereocenters. The van der Waals surface area contributed by atoms with E-state index < -0.39 is 5.97 Å². The molecular formula is C20H18N2O3S. The number of nitrogens with one attached hydrogen (secondary N) is 1. The number of carbonyl (C=O) groups excluding carboxylic acids is 2. The molecule has 0 radical (unpaired) electrons. The lowest BCUT2D eigenvalue weighted by Gasteiger charge is -2.09. The Morgan fingerprint density at radius 3 is 2.65 bits per heavy atom. The Labute approximate surface area is 155 Å². The highest BCUT2D eigenvalue weighted by Crippen LogP contribution is 2.23. The van der Waals surface area contributed by atoms with Crippen LogP contribution in [-0.4, -0.2) is 23.5 Å². The first-order valence-corrected chi connectivity index (χ1v) is 8.96. The molecule has 132 valence electrons. The molecule has 0 saturated carbocycles. The maximum atomic E-state index is 12.1. The van der Waals surface area contributed by atoms with Crippen molar-refractivity contribution >= 4 is 28.9 Å². The van der Waals surface area contributed by atoms with Gasteiger partial charge in [0, 0.05) is 16.6 Å². The first kappa shape index (κ1) is 17.8. The number of benzene rings is 2. The topological polar surface area (TPSA) is 68.3 Å². The van der Waals surface area contributed by atoms with Gasteiger partial charge in [-0.2, -0.15) is 0 Å². The Bertz CT molecular complexity index is 935. The summed E-state index contributed by atoms with van der Waals surface area (Å²) in [6, 6.07) is 15.4. The zero-order valence-electron chi connectivity index (χ0n) is 14.5. The molecule has 0 atom stereocenters. The molecule has 1 N–H and O–H groups in total. The van der Waals surface area contributed by atoms with Gasteiger partial charge in [-0.25, -0.2) is 9.78 Å². The number of esters is 1. The average Bonchev–Trinajstić information content (AvgIpc) is 3.14. The quantitative estimate of drug-likeness (QED) is 0.687. The molecule has 3 aromatic rings. The zero-order chi connectivity index (χ0) is 18.5. The smallest absolute Gasteiger partial charge is 0.358 e. The Balaban J connectivity index is 1.58. The van der Waals surface area contributed by atoms with Gasteiger partial charge in [-0.05, 0) is 31.0 Å². The summed E-state index contributed by atoms with van der Waals surface area (Å²) < 4.78 is 5.07. The fourth-order valence-corrected chi connectivity index (χ4v) is 3.14. The third-order valence-electron chi connectivity index (χ3n) is 3.74. The van der Waals surface area contributed by atoms with Gasteiger partial charge >= 0.3 is 5.97 Å². The SMILES string of the molecule is Cc1ccc(C)c(NC(=O)COC(=O)c2csc(-c3ccccc3)n2)c1. The van der Waals surface area contributed by atoms with Gasteiger partial charge in [-0.15, -0.1) is 11.3 Å². The molecule has 0 bridgehead atoms. The minimum atomic E-state index is -0.612. The molecule has 26 heavy (non-hydrogen) atoms. The molecule has 0 aliphatic carbocycles. The van der Waals surface area contributed by atoms with E-state index in [4.69, 9.17) is 4.74 Å². The molecule has 6 heteroatoms. The van der Waals surface area contributed by atoms with Crippen molar-refractivity contribution in [1.82, 2.24) is 4.98 Å². The van der Waals surface area contributed by atoms with Crippen molar-refractivity contribution in [1.29, 1.82) is 0 Å². The van der Waals surface area contributed by atoms with Crippen LogP contribution in [0.15, 0.2) is 53.9 Å². The van der Waals surface area contributed by atoms with E-state index in [0.717, 1.165) is 21.7 Å². The highest BCUT2D eigenvalue weighted by molar-refractivity contribution is 7.13. The van der Waals surface area contributed by atoms with Gasteiger partial charge in [0.05, 0.1) is 0 Å². The predicted octanol–water partition coefficient (Wildman–Crippen LogP) is 4.22. The molecule has 0 aliphatic heterocycles. The van der Waals surface area contributed by atoms with Gasteiger partial charge in [0.1, 0.15) is 5.01 Å². The molecule has 3 rings (SSSR count). The number of rotatable bonds is 5. The Hall–Kier alpha value is -2.99. The van der Waals surface area contributed by atoms with Crippen LogP contribution in [0.1, 0.15) is 21.6 Å². The van der Waals surface area contributed by atoms with Crippen molar-refractivity contribution in [2.24, 2.45) is 0 Å². The Morgan fingerprint density at radius 1 is 1.12 bits per heavy atom. The summed E-state index contributed by atoms with van der Waals surface area (Å²) in [4.78, 5) is 28.4. The summed E-state index contributed by atoms with van der Waals surface area (Å²) in [6.45, 7) is 3.49. The number of ether oxygens (including phenoxy) is 1. The van der Waals surface area contributed by atoms with Crippen molar-refractivity contribution in [2.45, 2.75) is 13.8 Å². The van der Waals surface area contributed by atoms with Gasteiger partial charge in [0.15, 0.2) is 12.3 Å². The number of nitrogens with zero attached hydrogens (tertiary/aromatic N) is 1. The summed E-state index contributed by atoms with van der Waals surface area (Å²) in [5.41, 5.74) is 3.84. The number of hydrogen-bond donors (Lipinski definition) is 1. The Morgan fingerprint density at radius 2 is 1.88 bits per heavy atom. The molecule has 2 aromatic carbocycles. The number of anilines is 1. The summed E-state index contributed by atoms with van der Waals surface area (Å²) in [6.07, 6.45) is 0. The lowest BCUT2D eigenvalue weighted by molar-refractivity contribution is -0.119. The van der Waals surface area contributed by atoms with Gasteiger partial charge in [-0.1, -0.05) is 42.5 Å². The van der Waals surface area contributed by atoms with Crippen LogP contribution in [0.3, 0.4) is 0 Å². The van der Waals surface area contributed by atoms with E-state index in [0.29, 0.717) is 5.69 Å². The Kier molecular flexibility index (Phi) is 5.43. The largest absolute Gasteiger partial charge is 0.451 e. The van der Waals surface area contributed by atoms with Gasteiger partial charge in [0.2, 0.25) is 0 Å². The third kappa shape index (κ3) is 4.34. The van der Waals surface area contributed by atoms with Crippen molar-refractivity contribution in [3.05, 3.63) is 70.7 Å². The number of amides is 1. The minimum Gasteiger partial charge on any atom is -0.451 e. The second-order valence-corrected chi connectivity index (χ2v) is 6.70. The number of thiazole rings is 1. The minimum absolute atomic E-state index is 0.202.